The van der Waals surface area contributed by atoms with Crippen LogP contribution in [0.2, 0.25) is 0 Å². The standard InChI is InChI=1S/C15H24N2O2/c1-13(14-4-3-5-15(12-14)18-2)16-6-7-17-8-10-19-11-9-17/h3-5,12-13,16H,6-11H2,1-2H3. The van der Waals surface area contributed by atoms with Gasteiger partial charge in [-0.05, 0) is 24.6 Å². The molecular formula is C15H24N2O2. The lowest BCUT2D eigenvalue weighted by Gasteiger charge is -2.27. The van der Waals surface area contributed by atoms with Crippen molar-refractivity contribution in [2.24, 2.45) is 0 Å². The van der Waals surface area contributed by atoms with Crippen molar-refractivity contribution in [3.63, 3.8) is 0 Å². The SMILES string of the molecule is COc1cccc(C(C)NCCN2CCOCC2)c1. The molecule has 0 aliphatic carbocycles. The number of hydrogen-bond acceptors (Lipinski definition) is 4. The summed E-state index contributed by atoms with van der Waals surface area (Å²) in [5.41, 5.74) is 1.27. The molecule has 1 N–H and O–H groups in total. The van der Waals surface area contributed by atoms with Crippen LogP contribution in [0.1, 0.15) is 18.5 Å². The highest BCUT2D eigenvalue weighted by Gasteiger charge is 2.10. The molecule has 1 heterocycles. The zero-order chi connectivity index (χ0) is 13.5. The monoisotopic (exact) mass is 264 g/mol. The zero-order valence-corrected chi connectivity index (χ0v) is 11.9. The Hall–Kier alpha value is -1.10. The quantitative estimate of drug-likeness (QED) is 0.847. The largest absolute Gasteiger partial charge is 0.497 e. The highest BCUT2D eigenvalue weighted by Crippen LogP contribution is 2.18. The van der Waals surface area contributed by atoms with Gasteiger partial charge in [0.25, 0.3) is 0 Å². The van der Waals surface area contributed by atoms with Crippen LogP contribution in [0, 0.1) is 0 Å². The first kappa shape index (κ1) is 14.3. The van der Waals surface area contributed by atoms with Crippen LogP contribution in [0.15, 0.2) is 24.3 Å². The lowest BCUT2D eigenvalue weighted by atomic mass is 10.1. The molecule has 0 aromatic heterocycles. The summed E-state index contributed by atoms with van der Waals surface area (Å²) in [6.07, 6.45) is 0. The molecule has 0 saturated carbocycles. The van der Waals surface area contributed by atoms with Crippen LogP contribution in [-0.4, -0.2) is 51.4 Å². The lowest BCUT2D eigenvalue weighted by Crippen LogP contribution is -2.40. The Balaban J connectivity index is 1.75. The Morgan fingerprint density at radius 1 is 1.37 bits per heavy atom. The fraction of sp³-hybridized carbons (Fsp3) is 0.600. The van der Waals surface area contributed by atoms with E-state index in [1.54, 1.807) is 7.11 Å². The van der Waals surface area contributed by atoms with Crippen LogP contribution >= 0.6 is 0 Å². The van der Waals surface area contributed by atoms with Gasteiger partial charge in [0.05, 0.1) is 20.3 Å². The topological polar surface area (TPSA) is 33.7 Å². The molecule has 1 saturated heterocycles. The Morgan fingerprint density at radius 2 is 2.16 bits per heavy atom. The summed E-state index contributed by atoms with van der Waals surface area (Å²) >= 11 is 0. The summed E-state index contributed by atoms with van der Waals surface area (Å²) in [5, 5.41) is 3.56. The van der Waals surface area contributed by atoms with Gasteiger partial charge in [0.1, 0.15) is 5.75 Å². The number of methoxy groups -OCH3 is 1. The van der Waals surface area contributed by atoms with Crippen LogP contribution < -0.4 is 10.1 Å². The number of ether oxygens (including phenoxy) is 2. The van der Waals surface area contributed by atoms with E-state index in [1.807, 2.05) is 12.1 Å². The van der Waals surface area contributed by atoms with E-state index in [0.29, 0.717) is 6.04 Å². The molecule has 4 nitrogen and oxygen atoms in total. The minimum Gasteiger partial charge on any atom is -0.497 e. The Morgan fingerprint density at radius 3 is 2.89 bits per heavy atom. The van der Waals surface area contributed by atoms with Crippen LogP contribution in [0.25, 0.3) is 0 Å². The third kappa shape index (κ3) is 4.49. The first-order valence-electron chi connectivity index (χ1n) is 6.97. The number of morpholine rings is 1. The van der Waals surface area contributed by atoms with Gasteiger partial charge < -0.3 is 14.8 Å². The molecule has 0 radical (unpaired) electrons. The van der Waals surface area contributed by atoms with Crippen LogP contribution in [0.5, 0.6) is 5.75 Å². The minimum absolute atomic E-state index is 0.344. The Kier molecular flexibility index (Phi) is 5.63. The average Bonchev–Trinajstić information content (AvgIpc) is 2.48. The van der Waals surface area contributed by atoms with Gasteiger partial charge >= 0.3 is 0 Å². The first-order chi connectivity index (χ1) is 9.29. The second-order valence-electron chi connectivity index (χ2n) is 4.91. The van der Waals surface area contributed by atoms with Crippen molar-refractivity contribution in [2.45, 2.75) is 13.0 Å². The molecule has 1 fully saturated rings. The van der Waals surface area contributed by atoms with E-state index in [4.69, 9.17) is 9.47 Å². The molecule has 1 atom stereocenters. The first-order valence-corrected chi connectivity index (χ1v) is 6.97. The minimum atomic E-state index is 0.344. The molecular weight excluding hydrogens is 240 g/mol. The van der Waals surface area contributed by atoms with Gasteiger partial charge in [-0.1, -0.05) is 12.1 Å². The van der Waals surface area contributed by atoms with Crippen LogP contribution in [0.3, 0.4) is 0 Å². The number of nitrogens with one attached hydrogen (secondary N) is 1. The van der Waals surface area contributed by atoms with E-state index in [0.717, 1.165) is 45.1 Å². The van der Waals surface area contributed by atoms with Gasteiger partial charge in [-0.3, -0.25) is 4.90 Å². The molecule has 0 bridgehead atoms. The third-order valence-corrected chi connectivity index (χ3v) is 3.58. The summed E-state index contributed by atoms with van der Waals surface area (Å²) in [6.45, 7) is 8.10. The maximum absolute atomic E-state index is 5.35. The van der Waals surface area contributed by atoms with Crippen LogP contribution in [-0.2, 0) is 4.74 Å². The molecule has 0 spiro atoms. The molecule has 19 heavy (non-hydrogen) atoms. The third-order valence-electron chi connectivity index (χ3n) is 3.58. The Labute approximate surface area is 115 Å². The molecule has 4 heteroatoms. The van der Waals surface area contributed by atoms with E-state index in [9.17, 15) is 0 Å². The van der Waals surface area contributed by atoms with E-state index >= 15 is 0 Å². The second-order valence-corrected chi connectivity index (χ2v) is 4.91. The fourth-order valence-corrected chi connectivity index (χ4v) is 2.29. The molecule has 2 rings (SSSR count). The number of rotatable bonds is 6. The number of benzene rings is 1. The summed E-state index contributed by atoms with van der Waals surface area (Å²) in [6, 6.07) is 8.58. The molecule has 1 aromatic rings. The summed E-state index contributed by atoms with van der Waals surface area (Å²) < 4.78 is 10.6. The highest BCUT2D eigenvalue weighted by atomic mass is 16.5. The van der Waals surface area contributed by atoms with E-state index in [1.165, 1.54) is 5.56 Å². The zero-order valence-electron chi connectivity index (χ0n) is 11.9. The second kappa shape index (κ2) is 7.48. The van der Waals surface area contributed by atoms with Crippen LogP contribution in [0.4, 0.5) is 0 Å². The highest BCUT2D eigenvalue weighted by molar-refractivity contribution is 5.30. The maximum atomic E-state index is 5.35. The Bertz CT molecular complexity index is 378. The van der Waals surface area contributed by atoms with Crippen molar-refractivity contribution in [3.05, 3.63) is 29.8 Å². The number of nitrogens with zero attached hydrogens (tertiary/aromatic N) is 1. The molecule has 1 aromatic carbocycles. The predicted octanol–water partition coefficient (Wildman–Crippen LogP) is 1.68. The molecule has 1 unspecified atom stereocenters. The van der Waals surface area contributed by atoms with Crippen molar-refractivity contribution in [1.29, 1.82) is 0 Å². The maximum Gasteiger partial charge on any atom is 0.119 e. The molecule has 106 valence electrons. The van der Waals surface area contributed by atoms with Gasteiger partial charge in [0.15, 0.2) is 0 Å². The van der Waals surface area contributed by atoms with Gasteiger partial charge in [-0.15, -0.1) is 0 Å². The van der Waals surface area contributed by atoms with Gasteiger partial charge in [0.2, 0.25) is 0 Å². The van der Waals surface area contributed by atoms with Crippen molar-refractivity contribution < 1.29 is 9.47 Å². The van der Waals surface area contributed by atoms with Gasteiger partial charge in [0, 0.05) is 32.2 Å². The number of hydrogen-bond donors (Lipinski definition) is 1. The van der Waals surface area contributed by atoms with Crippen molar-refractivity contribution in [1.82, 2.24) is 10.2 Å². The molecule has 1 aliphatic heterocycles. The smallest absolute Gasteiger partial charge is 0.119 e. The summed E-state index contributed by atoms with van der Waals surface area (Å²) in [5.74, 6) is 0.916. The molecule has 1 aliphatic rings. The van der Waals surface area contributed by atoms with Crippen molar-refractivity contribution >= 4 is 0 Å². The van der Waals surface area contributed by atoms with E-state index in [-0.39, 0.29) is 0 Å². The van der Waals surface area contributed by atoms with Crippen molar-refractivity contribution in [3.8, 4) is 5.75 Å². The van der Waals surface area contributed by atoms with Gasteiger partial charge in [-0.25, -0.2) is 0 Å². The summed E-state index contributed by atoms with van der Waals surface area (Å²) in [4.78, 5) is 2.44. The van der Waals surface area contributed by atoms with E-state index < -0.39 is 0 Å². The van der Waals surface area contributed by atoms with E-state index in [2.05, 4.69) is 29.3 Å². The van der Waals surface area contributed by atoms with Crippen molar-refractivity contribution in [2.75, 3.05) is 46.5 Å². The fourth-order valence-electron chi connectivity index (χ4n) is 2.29. The van der Waals surface area contributed by atoms with Gasteiger partial charge in [-0.2, -0.15) is 0 Å². The average molecular weight is 264 g/mol. The lowest BCUT2D eigenvalue weighted by molar-refractivity contribution is 0.0382. The molecule has 0 amide bonds. The summed E-state index contributed by atoms with van der Waals surface area (Å²) in [7, 11) is 1.70. The predicted molar refractivity (Wildman–Crippen MR) is 76.7 cm³/mol. The normalized spacial score (nSPS) is 18.2.